The Balaban J connectivity index is 1.60. The van der Waals surface area contributed by atoms with E-state index in [4.69, 9.17) is 0 Å². The Morgan fingerprint density at radius 2 is 2.00 bits per heavy atom. The molecule has 0 saturated carbocycles. The average Bonchev–Trinajstić information content (AvgIpc) is 2.54. The Morgan fingerprint density at radius 3 is 2.71 bits per heavy atom. The molecule has 5 nitrogen and oxygen atoms in total. The van der Waals surface area contributed by atoms with Crippen LogP contribution >= 0.6 is 0 Å². The van der Waals surface area contributed by atoms with Gasteiger partial charge < -0.3 is 10.6 Å². The van der Waals surface area contributed by atoms with Crippen LogP contribution < -0.4 is 10.6 Å². The molecule has 21 heavy (non-hydrogen) atoms. The fourth-order valence-corrected chi connectivity index (χ4v) is 2.26. The SMILES string of the molecule is O=C(CCNC(=O)[C@H]1CC=CCC1)NCc1ccncc1. The molecular weight excluding hydrogens is 266 g/mol. The maximum absolute atomic E-state index is 11.9. The van der Waals surface area contributed by atoms with Crippen LogP contribution in [0.4, 0.5) is 0 Å². The van der Waals surface area contributed by atoms with E-state index in [-0.39, 0.29) is 17.7 Å². The lowest BCUT2D eigenvalue weighted by Crippen LogP contribution is -2.34. The van der Waals surface area contributed by atoms with E-state index in [1.807, 2.05) is 12.1 Å². The van der Waals surface area contributed by atoms with Crippen molar-refractivity contribution in [3.8, 4) is 0 Å². The molecule has 5 heteroatoms. The summed E-state index contributed by atoms with van der Waals surface area (Å²) < 4.78 is 0. The third-order valence-corrected chi connectivity index (χ3v) is 3.53. The van der Waals surface area contributed by atoms with Crippen LogP contribution in [0.5, 0.6) is 0 Å². The highest BCUT2D eigenvalue weighted by Gasteiger charge is 2.18. The first kappa shape index (κ1) is 15.2. The van der Waals surface area contributed by atoms with E-state index in [0.29, 0.717) is 19.5 Å². The van der Waals surface area contributed by atoms with Gasteiger partial charge in [-0.3, -0.25) is 14.6 Å². The summed E-state index contributed by atoms with van der Waals surface area (Å²) in [7, 11) is 0. The number of nitrogens with one attached hydrogen (secondary N) is 2. The zero-order valence-corrected chi connectivity index (χ0v) is 12.0. The molecule has 0 aliphatic heterocycles. The number of aromatic nitrogens is 1. The molecule has 0 aromatic carbocycles. The van der Waals surface area contributed by atoms with Crippen molar-refractivity contribution < 1.29 is 9.59 Å². The van der Waals surface area contributed by atoms with E-state index in [1.54, 1.807) is 12.4 Å². The lowest BCUT2D eigenvalue weighted by Gasteiger charge is -2.17. The number of hydrogen-bond donors (Lipinski definition) is 2. The minimum atomic E-state index is -0.0596. The molecule has 2 N–H and O–H groups in total. The predicted molar refractivity (Wildman–Crippen MR) is 80.2 cm³/mol. The topological polar surface area (TPSA) is 71.1 Å². The molecule has 1 atom stereocenters. The molecule has 1 aromatic heterocycles. The van der Waals surface area contributed by atoms with E-state index in [0.717, 1.165) is 24.8 Å². The molecule has 112 valence electrons. The normalized spacial score (nSPS) is 17.2. The van der Waals surface area contributed by atoms with Gasteiger partial charge >= 0.3 is 0 Å². The summed E-state index contributed by atoms with van der Waals surface area (Å²) in [6.07, 6.45) is 10.5. The zero-order chi connectivity index (χ0) is 14.9. The number of rotatable bonds is 6. The lowest BCUT2D eigenvalue weighted by atomic mass is 9.94. The zero-order valence-electron chi connectivity index (χ0n) is 12.0. The number of allylic oxidation sites excluding steroid dienone is 2. The van der Waals surface area contributed by atoms with Crippen molar-refractivity contribution in [2.45, 2.75) is 32.2 Å². The maximum atomic E-state index is 11.9. The molecule has 2 amide bonds. The number of carbonyl (C=O) groups is 2. The fraction of sp³-hybridized carbons (Fsp3) is 0.438. The first-order valence-electron chi connectivity index (χ1n) is 7.34. The van der Waals surface area contributed by atoms with Crippen molar-refractivity contribution in [3.63, 3.8) is 0 Å². The average molecular weight is 287 g/mol. The molecule has 1 aromatic rings. The monoisotopic (exact) mass is 287 g/mol. The molecule has 0 fully saturated rings. The Morgan fingerprint density at radius 1 is 1.19 bits per heavy atom. The highest BCUT2D eigenvalue weighted by atomic mass is 16.2. The molecule has 1 heterocycles. The number of hydrogen-bond acceptors (Lipinski definition) is 3. The molecule has 0 saturated heterocycles. The standard InChI is InChI=1S/C16H21N3O2/c20-15(19-12-13-6-9-17-10-7-13)8-11-18-16(21)14-4-2-1-3-5-14/h1-2,6-7,9-10,14H,3-5,8,11-12H2,(H,18,21)(H,19,20)/t14-/m0/s1. The molecule has 1 aliphatic carbocycles. The summed E-state index contributed by atoms with van der Waals surface area (Å²) in [6.45, 7) is 0.879. The van der Waals surface area contributed by atoms with Gasteiger partial charge in [0.25, 0.3) is 0 Å². The van der Waals surface area contributed by atoms with Gasteiger partial charge in [-0.05, 0) is 37.0 Å². The number of amides is 2. The van der Waals surface area contributed by atoms with Crippen molar-refractivity contribution in [1.82, 2.24) is 15.6 Å². The van der Waals surface area contributed by atoms with Crippen LogP contribution in [0.15, 0.2) is 36.7 Å². The van der Waals surface area contributed by atoms with Crippen LogP contribution in [0.3, 0.4) is 0 Å². The second kappa shape index (κ2) is 8.19. The van der Waals surface area contributed by atoms with Crippen molar-refractivity contribution in [1.29, 1.82) is 0 Å². The molecule has 2 rings (SSSR count). The van der Waals surface area contributed by atoms with Gasteiger partial charge in [0.15, 0.2) is 0 Å². The summed E-state index contributed by atoms with van der Waals surface area (Å²) in [5, 5.41) is 5.66. The van der Waals surface area contributed by atoms with Gasteiger partial charge in [-0.25, -0.2) is 0 Å². The predicted octanol–water partition coefficient (Wildman–Crippen LogP) is 1.56. The summed E-state index contributed by atoms with van der Waals surface area (Å²) >= 11 is 0. The van der Waals surface area contributed by atoms with Crippen LogP contribution in [0.2, 0.25) is 0 Å². The third kappa shape index (κ3) is 5.38. The smallest absolute Gasteiger partial charge is 0.223 e. The minimum absolute atomic E-state index is 0.0567. The number of carbonyl (C=O) groups excluding carboxylic acids is 2. The summed E-state index contributed by atoms with van der Waals surface area (Å²) in [6, 6.07) is 3.72. The van der Waals surface area contributed by atoms with E-state index in [9.17, 15) is 9.59 Å². The van der Waals surface area contributed by atoms with Gasteiger partial charge in [0.05, 0.1) is 0 Å². The first-order valence-corrected chi connectivity index (χ1v) is 7.34. The van der Waals surface area contributed by atoms with Gasteiger partial charge in [-0.2, -0.15) is 0 Å². The number of nitrogens with zero attached hydrogens (tertiary/aromatic N) is 1. The van der Waals surface area contributed by atoms with E-state index in [1.165, 1.54) is 0 Å². The Kier molecular flexibility index (Phi) is 5.94. The Bertz CT molecular complexity index is 500. The van der Waals surface area contributed by atoms with Crippen LogP contribution in [-0.2, 0) is 16.1 Å². The van der Waals surface area contributed by atoms with Crippen LogP contribution in [-0.4, -0.2) is 23.3 Å². The van der Waals surface area contributed by atoms with Gasteiger partial charge in [0.2, 0.25) is 11.8 Å². The second-order valence-electron chi connectivity index (χ2n) is 5.15. The van der Waals surface area contributed by atoms with Gasteiger partial charge in [0.1, 0.15) is 0 Å². The molecule has 0 spiro atoms. The number of pyridine rings is 1. The van der Waals surface area contributed by atoms with Crippen molar-refractivity contribution in [2.24, 2.45) is 5.92 Å². The fourth-order valence-electron chi connectivity index (χ4n) is 2.26. The largest absolute Gasteiger partial charge is 0.355 e. The van der Waals surface area contributed by atoms with Crippen LogP contribution in [0.25, 0.3) is 0 Å². The van der Waals surface area contributed by atoms with Gasteiger partial charge in [-0.1, -0.05) is 12.2 Å². The van der Waals surface area contributed by atoms with Gasteiger partial charge in [-0.15, -0.1) is 0 Å². The first-order chi connectivity index (χ1) is 10.3. The molecular formula is C16H21N3O2. The van der Waals surface area contributed by atoms with E-state index >= 15 is 0 Å². The molecule has 1 aliphatic rings. The van der Waals surface area contributed by atoms with Crippen LogP contribution in [0.1, 0.15) is 31.2 Å². The van der Waals surface area contributed by atoms with Crippen LogP contribution in [0, 0.1) is 5.92 Å². The van der Waals surface area contributed by atoms with Crippen molar-refractivity contribution in [3.05, 3.63) is 42.2 Å². The summed E-state index contributed by atoms with van der Waals surface area (Å²) in [5.41, 5.74) is 1.01. The van der Waals surface area contributed by atoms with E-state index < -0.39 is 0 Å². The third-order valence-electron chi connectivity index (χ3n) is 3.53. The van der Waals surface area contributed by atoms with Crippen molar-refractivity contribution in [2.75, 3.05) is 6.54 Å². The molecule has 0 unspecified atom stereocenters. The highest BCUT2D eigenvalue weighted by molar-refractivity contribution is 5.80. The minimum Gasteiger partial charge on any atom is -0.355 e. The van der Waals surface area contributed by atoms with Gasteiger partial charge in [0, 0.05) is 37.8 Å². The molecule has 0 bridgehead atoms. The summed E-state index contributed by atoms with van der Waals surface area (Å²) in [5.74, 6) is 0.0619. The highest BCUT2D eigenvalue weighted by Crippen LogP contribution is 2.17. The lowest BCUT2D eigenvalue weighted by molar-refractivity contribution is -0.125. The summed E-state index contributed by atoms with van der Waals surface area (Å²) in [4.78, 5) is 27.5. The Hall–Kier alpha value is -2.17. The van der Waals surface area contributed by atoms with Crippen molar-refractivity contribution >= 4 is 11.8 Å². The molecule has 0 radical (unpaired) electrons. The quantitative estimate of drug-likeness (QED) is 0.780. The second-order valence-corrected chi connectivity index (χ2v) is 5.15. The Labute approximate surface area is 124 Å². The maximum Gasteiger partial charge on any atom is 0.223 e. The van der Waals surface area contributed by atoms with E-state index in [2.05, 4.69) is 27.8 Å².